The molecule has 34 heavy (non-hydrogen) atoms. The number of fused-ring (bicyclic) bond motifs is 1. The summed E-state index contributed by atoms with van der Waals surface area (Å²) >= 11 is 6.01. The minimum atomic E-state index is -3.59. The molecule has 4 heterocycles. The van der Waals surface area contributed by atoms with Gasteiger partial charge in [-0.3, -0.25) is 4.98 Å². The molecule has 0 bridgehead atoms. The topological polar surface area (TPSA) is 92.5 Å². The summed E-state index contributed by atoms with van der Waals surface area (Å²) in [6, 6.07) is 12.2. The lowest BCUT2D eigenvalue weighted by Gasteiger charge is -2.31. The van der Waals surface area contributed by atoms with E-state index >= 15 is 0 Å². The first-order valence-corrected chi connectivity index (χ1v) is 12.8. The van der Waals surface area contributed by atoms with Crippen molar-refractivity contribution in [3.63, 3.8) is 0 Å². The third-order valence-corrected chi connectivity index (χ3v) is 8.15. The molecule has 1 saturated heterocycles. The number of aromatic nitrogens is 4. The monoisotopic (exact) mass is 492 g/mol. The largest absolute Gasteiger partial charge is 0.366 e. The number of rotatable bonds is 6. The Balaban J connectivity index is 1.36. The van der Waals surface area contributed by atoms with E-state index in [-0.39, 0.29) is 10.8 Å². The van der Waals surface area contributed by atoms with Crippen LogP contribution in [0.15, 0.2) is 66.0 Å². The second-order valence-electron chi connectivity index (χ2n) is 8.25. The van der Waals surface area contributed by atoms with Crippen LogP contribution in [0.3, 0.4) is 0 Å². The van der Waals surface area contributed by atoms with E-state index in [1.54, 1.807) is 41.3 Å². The van der Waals surface area contributed by atoms with Gasteiger partial charge in [-0.2, -0.15) is 13.9 Å². The SMILES string of the molecule is [B]c1cnn2c(NCc3cccnc3)cc(C3CCN(S(=O)(=O)c4cccc(Cl)c4)CC3)nc12. The maximum absolute atomic E-state index is 13.0. The quantitative estimate of drug-likeness (QED) is 0.416. The summed E-state index contributed by atoms with van der Waals surface area (Å²) in [6.45, 7) is 1.38. The Labute approximate surface area is 204 Å². The van der Waals surface area contributed by atoms with Gasteiger partial charge in [0, 0.05) is 60.9 Å². The van der Waals surface area contributed by atoms with Gasteiger partial charge in [-0.05, 0) is 48.1 Å². The second-order valence-corrected chi connectivity index (χ2v) is 10.6. The van der Waals surface area contributed by atoms with Crippen LogP contribution in [0, 0.1) is 0 Å². The number of nitrogens with zero attached hydrogens (tertiary/aromatic N) is 5. The molecule has 0 atom stereocenters. The summed E-state index contributed by atoms with van der Waals surface area (Å²) < 4.78 is 29.3. The van der Waals surface area contributed by atoms with Crippen LogP contribution in [-0.4, -0.2) is 53.2 Å². The number of hydrogen-bond donors (Lipinski definition) is 1. The summed E-state index contributed by atoms with van der Waals surface area (Å²) in [7, 11) is 2.53. The minimum absolute atomic E-state index is 0.101. The number of piperidine rings is 1. The number of halogens is 1. The van der Waals surface area contributed by atoms with Gasteiger partial charge in [0.05, 0.1) is 4.90 Å². The van der Waals surface area contributed by atoms with E-state index in [0.29, 0.717) is 48.6 Å². The molecule has 11 heteroatoms. The molecule has 1 aliphatic rings. The zero-order chi connectivity index (χ0) is 23.7. The summed E-state index contributed by atoms with van der Waals surface area (Å²) in [5.41, 5.74) is 2.98. The first kappa shape index (κ1) is 22.8. The van der Waals surface area contributed by atoms with E-state index in [1.165, 1.54) is 10.4 Å². The van der Waals surface area contributed by atoms with E-state index < -0.39 is 10.0 Å². The molecule has 1 aliphatic heterocycles. The maximum atomic E-state index is 13.0. The standard InChI is InChI=1S/C23H22BClN6O2S/c24-20-15-28-31-22(27-14-16-3-2-8-26-13-16)12-21(29-23(20)31)17-6-9-30(10-7-17)34(32,33)19-5-1-4-18(25)11-19/h1-5,8,11-13,15,17,27H,6-7,9-10,14H2. The summed E-state index contributed by atoms with van der Waals surface area (Å²) in [6.07, 6.45) is 6.43. The number of pyridine rings is 1. The molecule has 5 rings (SSSR count). The van der Waals surface area contributed by atoms with E-state index in [9.17, 15) is 8.42 Å². The summed E-state index contributed by atoms with van der Waals surface area (Å²) in [4.78, 5) is 9.14. The summed E-state index contributed by atoms with van der Waals surface area (Å²) in [5.74, 6) is 0.874. The molecule has 0 amide bonds. The van der Waals surface area contributed by atoms with Crippen molar-refractivity contribution in [2.45, 2.75) is 30.2 Å². The normalized spacial score (nSPS) is 15.6. The zero-order valence-electron chi connectivity index (χ0n) is 18.3. The van der Waals surface area contributed by atoms with Crippen LogP contribution < -0.4 is 10.8 Å². The van der Waals surface area contributed by atoms with E-state index in [4.69, 9.17) is 24.4 Å². The Kier molecular flexibility index (Phi) is 6.29. The summed E-state index contributed by atoms with van der Waals surface area (Å²) in [5, 5.41) is 8.16. The highest BCUT2D eigenvalue weighted by Crippen LogP contribution is 2.31. The Morgan fingerprint density at radius 3 is 2.68 bits per heavy atom. The fourth-order valence-corrected chi connectivity index (χ4v) is 5.97. The molecular weight excluding hydrogens is 471 g/mol. The number of benzene rings is 1. The van der Waals surface area contributed by atoms with Crippen LogP contribution in [0.2, 0.25) is 5.02 Å². The van der Waals surface area contributed by atoms with Crippen LogP contribution >= 0.6 is 11.6 Å². The lowest BCUT2D eigenvalue weighted by molar-refractivity contribution is 0.317. The van der Waals surface area contributed by atoms with Crippen molar-refractivity contribution in [1.29, 1.82) is 0 Å². The average molecular weight is 493 g/mol. The predicted molar refractivity (Wildman–Crippen MR) is 132 cm³/mol. The van der Waals surface area contributed by atoms with Gasteiger partial charge < -0.3 is 5.32 Å². The lowest BCUT2D eigenvalue weighted by Crippen LogP contribution is -2.38. The molecule has 3 aromatic heterocycles. The Hall–Kier alpha value is -2.95. The van der Waals surface area contributed by atoms with Crippen LogP contribution in [-0.2, 0) is 16.6 Å². The maximum Gasteiger partial charge on any atom is 0.243 e. The van der Waals surface area contributed by atoms with Crippen molar-refractivity contribution < 1.29 is 8.42 Å². The lowest BCUT2D eigenvalue weighted by atomic mass is 9.94. The van der Waals surface area contributed by atoms with Crippen LogP contribution in [0.5, 0.6) is 0 Å². The fraction of sp³-hybridized carbons (Fsp3) is 0.261. The third kappa shape index (κ3) is 4.53. The van der Waals surface area contributed by atoms with Crippen molar-refractivity contribution in [1.82, 2.24) is 23.9 Å². The second kappa shape index (κ2) is 9.36. The van der Waals surface area contributed by atoms with E-state index in [1.807, 2.05) is 18.2 Å². The third-order valence-electron chi connectivity index (χ3n) is 6.02. The molecule has 1 aromatic carbocycles. The smallest absolute Gasteiger partial charge is 0.243 e. The number of sulfonamides is 1. The van der Waals surface area contributed by atoms with Gasteiger partial charge in [0.15, 0.2) is 0 Å². The van der Waals surface area contributed by atoms with Gasteiger partial charge >= 0.3 is 0 Å². The zero-order valence-corrected chi connectivity index (χ0v) is 19.9. The van der Waals surface area contributed by atoms with E-state index in [0.717, 1.165) is 17.1 Å². The molecular formula is C23H22BClN6O2S. The highest BCUT2D eigenvalue weighted by molar-refractivity contribution is 7.89. The molecule has 0 spiro atoms. The van der Waals surface area contributed by atoms with Gasteiger partial charge in [0.1, 0.15) is 19.3 Å². The molecule has 1 N–H and O–H groups in total. The number of hydrogen-bond acceptors (Lipinski definition) is 6. The first-order valence-electron chi connectivity index (χ1n) is 10.9. The van der Waals surface area contributed by atoms with Crippen molar-refractivity contribution in [3.8, 4) is 0 Å². The Morgan fingerprint density at radius 2 is 1.94 bits per heavy atom. The Bertz CT molecular complexity index is 1420. The van der Waals surface area contributed by atoms with E-state index in [2.05, 4.69) is 15.4 Å². The van der Waals surface area contributed by atoms with Crippen LogP contribution in [0.25, 0.3) is 5.65 Å². The Morgan fingerprint density at radius 1 is 1.12 bits per heavy atom. The van der Waals surface area contributed by atoms with Gasteiger partial charge in [-0.15, -0.1) is 0 Å². The van der Waals surface area contributed by atoms with Crippen LogP contribution in [0.4, 0.5) is 5.82 Å². The molecule has 8 nitrogen and oxygen atoms in total. The molecule has 1 fully saturated rings. The minimum Gasteiger partial charge on any atom is -0.366 e. The van der Waals surface area contributed by atoms with Crippen molar-refractivity contribution in [2.24, 2.45) is 0 Å². The van der Waals surface area contributed by atoms with Gasteiger partial charge in [0.2, 0.25) is 10.0 Å². The first-order chi connectivity index (χ1) is 16.4. The highest BCUT2D eigenvalue weighted by atomic mass is 35.5. The van der Waals surface area contributed by atoms with Gasteiger partial charge in [-0.25, -0.2) is 13.4 Å². The highest BCUT2D eigenvalue weighted by Gasteiger charge is 2.31. The predicted octanol–water partition coefficient (Wildman–Crippen LogP) is 2.75. The molecule has 172 valence electrons. The molecule has 4 aromatic rings. The molecule has 0 unspecified atom stereocenters. The number of nitrogens with one attached hydrogen (secondary N) is 1. The average Bonchev–Trinajstić information content (AvgIpc) is 3.24. The molecule has 0 aliphatic carbocycles. The molecule has 0 saturated carbocycles. The van der Waals surface area contributed by atoms with Gasteiger partial charge in [-0.1, -0.05) is 23.7 Å². The van der Waals surface area contributed by atoms with Crippen LogP contribution in [0.1, 0.15) is 30.0 Å². The van der Waals surface area contributed by atoms with Crippen molar-refractivity contribution in [2.75, 3.05) is 18.4 Å². The van der Waals surface area contributed by atoms with Crippen molar-refractivity contribution in [3.05, 3.63) is 77.3 Å². The van der Waals surface area contributed by atoms with Gasteiger partial charge in [0.25, 0.3) is 0 Å². The fourth-order valence-electron chi connectivity index (χ4n) is 4.20. The molecule has 2 radical (unpaired) electrons. The number of anilines is 1. The van der Waals surface area contributed by atoms with Crippen molar-refractivity contribution >= 4 is 46.4 Å².